The van der Waals surface area contributed by atoms with Gasteiger partial charge in [-0.15, -0.1) is 0 Å². The fourth-order valence-corrected chi connectivity index (χ4v) is 3.35. The van der Waals surface area contributed by atoms with Gasteiger partial charge in [0.2, 0.25) is 0 Å². The largest absolute Gasteiger partial charge is 0.491 e. The van der Waals surface area contributed by atoms with E-state index in [0.29, 0.717) is 5.92 Å². The van der Waals surface area contributed by atoms with Gasteiger partial charge in [-0.2, -0.15) is 0 Å². The smallest absolute Gasteiger partial charge is 0.120 e. The van der Waals surface area contributed by atoms with E-state index in [2.05, 4.69) is 12.1 Å². The van der Waals surface area contributed by atoms with Crippen molar-refractivity contribution in [3.05, 3.63) is 29.8 Å². The van der Waals surface area contributed by atoms with Crippen LogP contribution < -0.4 is 10.5 Å². The fourth-order valence-electron chi connectivity index (χ4n) is 3.35. The van der Waals surface area contributed by atoms with Crippen molar-refractivity contribution in [1.82, 2.24) is 0 Å². The predicted molar refractivity (Wildman–Crippen MR) is 86.5 cm³/mol. The van der Waals surface area contributed by atoms with Gasteiger partial charge >= 0.3 is 0 Å². The van der Waals surface area contributed by atoms with Gasteiger partial charge in [-0.3, -0.25) is 0 Å². The Balaban J connectivity index is 2.10. The molecule has 1 aliphatic carbocycles. The molecule has 1 aliphatic rings. The van der Waals surface area contributed by atoms with Crippen molar-refractivity contribution in [3.8, 4) is 5.75 Å². The van der Waals surface area contributed by atoms with Crippen LogP contribution in [0.3, 0.4) is 0 Å². The summed E-state index contributed by atoms with van der Waals surface area (Å²) in [6.45, 7) is 4.07. The van der Waals surface area contributed by atoms with Gasteiger partial charge in [-0.05, 0) is 50.3 Å². The van der Waals surface area contributed by atoms with Gasteiger partial charge in [0.05, 0.1) is 18.2 Å². The van der Waals surface area contributed by atoms with E-state index in [1.54, 1.807) is 7.11 Å². The third kappa shape index (κ3) is 4.45. The van der Waals surface area contributed by atoms with Crippen LogP contribution >= 0.6 is 0 Å². The number of benzene rings is 1. The normalized spacial score (nSPS) is 19.5. The van der Waals surface area contributed by atoms with Gasteiger partial charge in [0.25, 0.3) is 0 Å². The molecule has 0 aliphatic heterocycles. The third-order valence-corrected chi connectivity index (χ3v) is 4.36. The second kappa shape index (κ2) is 7.81. The molecule has 0 saturated heterocycles. The first-order valence-electron chi connectivity index (χ1n) is 8.17. The highest BCUT2D eigenvalue weighted by Gasteiger charge is 2.29. The maximum Gasteiger partial charge on any atom is 0.120 e. The summed E-state index contributed by atoms with van der Waals surface area (Å²) in [5.41, 5.74) is 7.60. The molecule has 2 rings (SSSR count). The van der Waals surface area contributed by atoms with Crippen LogP contribution in [0.2, 0.25) is 0 Å². The Bertz CT molecular complexity index is 427. The molecular weight excluding hydrogens is 262 g/mol. The molecule has 3 heteroatoms. The van der Waals surface area contributed by atoms with Crippen LogP contribution in [-0.2, 0) is 4.74 Å². The highest BCUT2D eigenvalue weighted by molar-refractivity contribution is 5.31. The molecule has 1 aromatic rings. The minimum atomic E-state index is -0.0891. The first-order valence-corrected chi connectivity index (χ1v) is 8.17. The molecule has 2 unspecified atom stereocenters. The van der Waals surface area contributed by atoms with Crippen LogP contribution in [0, 0.1) is 5.92 Å². The van der Waals surface area contributed by atoms with Crippen LogP contribution in [0.5, 0.6) is 5.75 Å². The van der Waals surface area contributed by atoms with E-state index in [-0.39, 0.29) is 18.2 Å². The summed E-state index contributed by atoms with van der Waals surface area (Å²) in [5, 5.41) is 0. The van der Waals surface area contributed by atoms with Crippen molar-refractivity contribution < 1.29 is 9.47 Å². The van der Waals surface area contributed by atoms with Crippen LogP contribution in [0.4, 0.5) is 0 Å². The second-order valence-corrected chi connectivity index (χ2v) is 6.36. The standard InChI is InChI=1S/C18H29NO2/c1-13(2)21-16-11-7-10-15(12-16)17(19)18(20-3)14-8-5-4-6-9-14/h7,10-14,17-18H,4-6,8-9,19H2,1-3H3. The van der Waals surface area contributed by atoms with Crippen LogP contribution in [0.1, 0.15) is 57.6 Å². The molecule has 3 nitrogen and oxygen atoms in total. The number of hydrogen-bond donors (Lipinski definition) is 1. The van der Waals surface area contributed by atoms with E-state index in [0.717, 1.165) is 11.3 Å². The molecule has 2 atom stereocenters. The molecule has 21 heavy (non-hydrogen) atoms. The average molecular weight is 291 g/mol. The van der Waals surface area contributed by atoms with Crippen LogP contribution in [0.25, 0.3) is 0 Å². The molecule has 1 aromatic carbocycles. The quantitative estimate of drug-likeness (QED) is 0.859. The minimum absolute atomic E-state index is 0.0891. The van der Waals surface area contributed by atoms with Gasteiger partial charge in [-0.25, -0.2) is 0 Å². The van der Waals surface area contributed by atoms with E-state index < -0.39 is 0 Å². The first-order chi connectivity index (χ1) is 10.1. The molecule has 0 spiro atoms. The van der Waals surface area contributed by atoms with E-state index >= 15 is 0 Å². The van der Waals surface area contributed by atoms with Gasteiger partial charge in [-0.1, -0.05) is 31.4 Å². The first kappa shape index (κ1) is 16.3. The fraction of sp³-hybridized carbons (Fsp3) is 0.667. The lowest BCUT2D eigenvalue weighted by molar-refractivity contribution is 0.0172. The second-order valence-electron chi connectivity index (χ2n) is 6.36. The number of ether oxygens (including phenoxy) is 2. The Morgan fingerprint density at radius 3 is 2.48 bits per heavy atom. The van der Waals surface area contributed by atoms with Crippen LogP contribution in [-0.4, -0.2) is 19.3 Å². The summed E-state index contributed by atoms with van der Waals surface area (Å²) in [4.78, 5) is 0. The summed E-state index contributed by atoms with van der Waals surface area (Å²) in [5.74, 6) is 1.46. The zero-order chi connectivity index (χ0) is 15.2. The molecular formula is C18H29NO2. The van der Waals surface area contributed by atoms with E-state index in [1.165, 1.54) is 32.1 Å². The summed E-state index contributed by atoms with van der Waals surface area (Å²) in [6, 6.07) is 8.04. The summed E-state index contributed by atoms with van der Waals surface area (Å²) >= 11 is 0. The number of rotatable bonds is 6. The Morgan fingerprint density at radius 1 is 1.14 bits per heavy atom. The Kier molecular flexibility index (Phi) is 6.07. The van der Waals surface area contributed by atoms with Gasteiger partial charge in [0, 0.05) is 7.11 Å². The Labute approximate surface area is 128 Å². The molecule has 2 N–H and O–H groups in total. The van der Waals surface area contributed by atoms with Crippen LogP contribution in [0.15, 0.2) is 24.3 Å². The molecule has 0 amide bonds. The highest BCUT2D eigenvalue weighted by Crippen LogP contribution is 2.33. The molecule has 1 saturated carbocycles. The zero-order valence-electron chi connectivity index (χ0n) is 13.5. The third-order valence-electron chi connectivity index (χ3n) is 4.36. The molecule has 118 valence electrons. The summed E-state index contributed by atoms with van der Waals surface area (Å²) in [6.07, 6.45) is 6.68. The van der Waals surface area contributed by atoms with Gasteiger partial charge in [0.1, 0.15) is 5.75 Å². The lowest BCUT2D eigenvalue weighted by Crippen LogP contribution is -2.35. The van der Waals surface area contributed by atoms with Crippen molar-refractivity contribution in [1.29, 1.82) is 0 Å². The lowest BCUT2D eigenvalue weighted by Gasteiger charge is -2.33. The van der Waals surface area contributed by atoms with Gasteiger partial charge in [0.15, 0.2) is 0 Å². The van der Waals surface area contributed by atoms with Gasteiger partial charge < -0.3 is 15.2 Å². The van der Waals surface area contributed by atoms with Crippen molar-refractivity contribution in [2.24, 2.45) is 11.7 Å². The average Bonchev–Trinajstić information content (AvgIpc) is 2.48. The topological polar surface area (TPSA) is 44.5 Å². The summed E-state index contributed by atoms with van der Waals surface area (Å²) in [7, 11) is 1.79. The lowest BCUT2D eigenvalue weighted by atomic mass is 9.81. The monoisotopic (exact) mass is 291 g/mol. The Hall–Kier alpha value is -1.06. The van der Waals surface area contributed by atoms with E-state index in [9.17, 15) is 0 Å². The predicted octanol–water partition coefficient (Wildman–Crippen LogP) is 4.07. The number of methoxy groups -OCH3 is 1. The Morgan fingerprint density at radius 2 is 1.86 bits per heavy atom. The molecule has 0 aromatic heterocycles. The van der Waals surface area contributed by atoms with Crippen molar-refractivity contribution in [3.63, 3.8) is 0 Å². The molecule has 0 bridgehead atoms. The van der Waals surface area contributed by atoms with Crippen molar-refractivity contribution in [2.45, 2.75) is 64.2 Å². The molecule has 1 fully saturated rings. The van der Waals surface area contributed by atoms with Crippen molar-refractivity contribution in [2.75, 3.05) is 7.11 Å². The summed E-state index contributed by atoms with van der Waals surface area (Å²) < 4.78 is 11.5. The zero-order valence-corrected chi connectivity index (χ0v) is 13.5. The number of hydrogen-bond acceptors (Lipinski definition) is 3. The SMILES string of the molecule is COC(C1CCCCC1)C(N)c1cccc(OC(C)C)c1. The maximum absolute atomic E-state index is 6.50. The van der Waals surface area contributed by atoms with E-state index in [1.807, 2.05) is 26.0 Å². The highest BCUT2D eigenvalue weighted by atomic mass is 16.5. The van der Waals surface area contributed by atoms with Crippen molar-refractivity contribution >= 4 is 0 Å². The van der Waals surface area contributed by atoms with E-state index in [4.69, 9.17) is 15.2 Å². The molecule has 0 heterocycles. The molecule has 0 radical (unpaired) electrons. The maximum atomic E-state index is 6.50. The number of nitrogens with two attached hydrogens (primary N) is 1. The minimum Gasteiger partial charge on any atom is -0.491 e.